The highest BCUT2D eigenvalue weighted by Crippen LogP contribution is 2.34. The van der Waals surface area contributed by atoms with E-state index in [4.69, 9.17) is 9.72 Å². The number of fused-ring (bicyclic) bond motifs is 1. The smallest absolute Gasteiger partial charge is 0.148 e. The SMILES string of the molecule is COc1ccc2c(-c3ccccc3)cc(SCC(=O)C(C)(C)C)nc2c1. The Morgan fingerprint density at radius 1 is 1.08 bits per heavy atom. The normalized spacial score (nSPS) is 11.5. The van der Waals surface area contributed by atoms with E-state index in [2.05, 4.69) is 18.2 Å². The first-order chi connectivity index (χ1) is 12.4. The van der Waals surface area contributed by atoms with Crippen molar-refractivity contribution in [3.05, 3.63) is 54.6 Å². The molecule has 26 heavy (non-hydrogen) atoms. The lowest BCUT2D eigenvalue weighted by molar-refractivity contribution is -0.123. The van der Waals surface area contributed by atoms with Crippen molar-refractivity contribution in [3.63, 3.8) is 0 Å². The van der Waals surface area contributed by atoms with Gasteiger partial charge in [0.25, 0.3) is 0 Å². The molecule has 0 radical (unpaired) electrons. The van der Waals surface area contributed by atoms with E-state index in [0.29, 0.717) is 5.75 Å². The number of benzene rings is 2. The van der Waals surface area contributed by atoms with E-state index in [1.165, 1.54) is 11.8 Å². The molecule has 0 amide bonds. The zero-order valence-corrected chi connectivity index (χ0v) is 16.4. The summed E-state index contributed by atoms with van der Waals surface area (Å²) in [5.74, 6) is 1.41. The molecule has 0 saturated carbocycles. The van der Waals surface area contributed by atoms with Crippen LogP contribution < -0.4 is 4.74 Å². The topological polar surface area (TPSA) is 39.2 Å². The number of pyridine rings is 1. The Labute approximate surface area is 158 Å². The van der Waals surface area contributed by atoms with Crippen molar-refractivity contribution in [2.24, 2.45) is 5.41 Å². The van der Waals surface area contributed by atoms with Crippen molar-refractivity contribution < 1.29 is 9.53 Å². The maximum absolute atomic E-state index is 12.3. The Bertz CT molecular complexity index is 930. The highest BCUT2D eigenvalue weighted by molar-refractivity contribution is 7.99. The van der Waals surface area contributed by atoms with Gasteiger partial charge in [-0.25, -0.2) is 4.98 Å². The standard InChI is InChI=1S/C22H23NO2S/c1-22(2,3)20(24)14-26-21-13-18(15-8-6-5-7-9-15)17-11-10-16(25-4)12-19(17)23-21/h5-13H,14H2,1-4H3. The number of carbonyl (C=O) groups excluding carboxylic acids is 1. The molecule has 3 rings (SSSR count). The minimum absolute atomic E-state index is 0.219. The first-order valence-electron chi connectivity index (χ1n) is 8.59. The second-order valence-electron chi connectivity index (χ2n) is 7.22. The van der Waals surface area contributed by atoms with Crippen molar-refractivity contribution in [1.82, 2.24) is 4.98 Å². The van der Waals surface area contributed by atoms with Crippen LogP contribution in [-0.4, -0.2) is 23.6 Å². The summed E-state index contributed by atoms with van der Waals surface area (Å²) in [5.41, 5.74) is 2.78. The monoisotopic (exact) mass is 365 g/mol. The van der Waals surface area contributed by atoms with Crippen LogP contribution in [0.3, 0.4) is 0 Å². The number of ketones is 1. The van der Waals surface area contributed by atoms with E-state index in [9.17, 15) is 4.79 Å². The Morgan fingerprint density at radius 2 is 1.81 bits per heavy atom. The van der Waals surface area contributed by atoms with Crippen molar-refractivity contribution in [2.75, 3.05) is 12.9 Å². The average molecular weight is 365 g/mol. The Morgan fingerprint density at radius 3 is 2.46 bits per heavy atom. The predicted octanol–water partition coefficient (Wildman–Crippen LogP) is 5.62. The van der Waals surface area contributed by atoms with Crippen LogP contribution in [0.2, 0.25) is 0 Å². The molecule has 0 fully saturated rings. The first kappa shape index (κ1) is 18.5. The molecule has 0 saturated heterocycles. The second-order valence-corrected chi connectivity index (χ2v) is 8.21. The number of thioether (sulfide) groups is 1. The number of ether oxygens (including phenoxy) is 1. The van der Waals surface area contributed by atoms with Gasteiger partial charge in [0.2, 0.25) is 0 Å². The van der Waals surface area contributed by atoms with E-state index in [1.54, 1.807) is 7.11 Å². The maximum atomic E-state index is 12.3. The lowest BCUT2D eigenvalue weighted by Gasteiger charge is -2.16. The number of carbonyl (C=O) groups is 1. The van der Waals surface area contributed by atoms with Crippen LogP contribution in [0.4, 0.5) is 0 Å². The number of aromatic nitrogens is 1. The third-order valence-electron chi connectivity index (χ3n) is 4.27. The number of hydrogen-bond donors (Lipinski definition) is 0. The van der Waals surface area contributed by atoms with Gasteiger partial charge < -0.3 is 4.74 Å². The Hall–Kier alpha value is -2.33. The summed E-state index contributed by atoms with van der Waals surface area (Å²) in [6.45, 7) is 5.85. The summed E-state index contributed by atoms with van der Waals surface area (Å²) in [5, 5.41) is 1.92. The van der Waals surface area contributed by atoms with Crippen LogP contribution in [0.5, 0.6) is 5.75 Å². The third kappa shape index (κ3) is 4.07. The van der Waals surface area contributed by atoms with Gasteiger partial charge in [-0.05, 0) is 29.3 Å². The van der Waals surface area contributed by atoms with Gasteiger partial charge in [-0.3, -0.25) is 4.79 Å². The molecule has 134 valence electrons. The van der Waals surface area contributed by atoms with Crippen molar-refractivity contribution in [1.29, 1.82) is 0 Å². The van der Waals surface area contributed by atoms with E-state index in [0.717, 1.165) is 32.8 Å². The number of methoxy groups -OCH3 is 1. The van der Waals surface area contributed by atoms with Gasteiger partial charge in [-0.2, -0.15) is 0 Å². The molecule has 3 nitrogen and oxygen atoms in total. The Kier molecular flexibility index (Phi) is 5.33. The molecule has 2 aromatic carbocycles. The molecular formula is C22H23NO2S. The molecule has 0 atom stereocenters. The zero-order valence-electron chi connectivity index (χ0n) is 15.6. The van der Waals surface area contributed by atoms with Crippen LogP contribution in [0.1, 0.15) is 20.8 Å². The minimum atomic E-state index is -0.338. The number of hydrogen-bond acceptors (Lipinski definition) is 4. The van der Waals surface area contributed by atoms with Crippen LogP contribution >= 0.6 is 11.8 Å². The lowest BCUT2D eigenvalue weighted by atomic mass is 9.92. The van der Waals surface area contributed by atoms with E-state index in [1.807, 2.05) is 57.2 Å². The summed E-state index contributed by atoms with van der Waals surface area (Å²) < 4.78 is 5.35. The highest BCUT2D eigenvalue weighted by atomic mass is 32.2. The molecule has 0 aliphatic heterocycles. The molecule has 3 aromatic rings. The summed E-state index contributed by atoms with van der Waals surface area (Å²) in [7, 11) is 1.65. The van der Waals surface area contributed by atoms with Gasteiger partial charge in [0.1, 0.15) is 11.5 Å². The van der Waals surface area contributed by atoms with Crippen molar-refractivity contribution >= 4 is 28.4 Å². The second kappa shape index (κ2) is 7.50. The summed E-state index contributed by atoms with van der Waals surface area (Å²) in [6.07, 6.45) is 0. The van der Waals surface area contributed by atoms with Crippen molar-refractivity contribution in [3.8, 4) is 16.9 Å². The van der Waals surface area contributed by atoms with Crippen LogP contribution in [0.25, 0.3) is 22.0 Å². The molecule has 0 aliphatic carbocycles. The fourth-order valence-corrected chi connectivity index (χ4v) is 3.67. The zero-order chi connectivity index (χ0) is 18.7. The van der Waals surface area contributed by atoms with Gasteiger partial charge >= 0.3 is 0 Å². The molecule has 1 aromatic heterocycles. The summed E-state index contributed by atoms with van der Waals surface area (Å²) in [4.78, 5) is 17.0. The first-order valence-corrected chi connectivity index (χ1v) is 9.57. The largest absolute Gasteiger partial charge is 0.497 e. The highest BCUT2D eigenvalue weighted by Gasteiger charge is 2.21. The quantitative estimate of drug-likeness (QED) is 0.550. The molecule has 1 heterocycles. The van der Waals surface area contributed by atoms with Gasteiger partial charge in [0.05, 0.1) is 23.4 Å². The average Bonchev–Trinajstić information content (AvgIpc) is 2.64. The minimum Gasteiger partial charge on any atom is -0.497 e. The van der Waals surface area contributed by atoms with Gasteiger partial charge in [0, 0.05) is 16.9 Å². The number of nitrogens with zero attached hydrogens (tertiary/aromatic N) is 1. The van der Waals surface area contributed by atoms with E-state index >= 15 is 0 Å². The number of rotatable bonds is 5. The Balaban J connectivity index is 2.05. The van der Waals surface area contributed by atoms with Gasteiger partial charge in [0.15, 0.2) is 0 Å². The molecular weight excluding hydrogens is 342 g/mol. The summed E-state index contributed by atoms with van der Waals surface area (Å²) in [6, 6.07) is 18.3. The predicted molar refractivity (Wildman–Crippen MR) is 109 cm³/mol. The van der Waals surface area contributed by atoms with Crippen LogP contribution in [-0.2, 0) is 4.79 Å². The fourth-order valence-electron chi connectivity index (χ4n) is 2.60. The molecule has 0 aliphatic rings. The molecule has 0 spiro atoms. The van der Waals surface area contributed by atoms with Crippen LogP contribution in [0.15, 0.2) is 59.6 Å². The molecule has 0 N–H and O–H groups in total. The van der Waals surface area contributed by atoms with Crippen LogP contribution in [0, 0.1) is 5.41 Å². The molecule has 0 unspecified atom stereocenters. The lowest BCUT2D eigenvalue weighted by Crippen LogP contribution is -2.22. The van der Waals surface area contributed by atoms with Gasteiger partial charge in [-0.15, -0.1) is 0 Å². The summed E-state index contributed by atoms with van der Waals surface area (Å²) >= 11 is 1.49. The molecule has 4 heteroatoms. The maximum Gasteiger partial charge on any atom is 0.148 e. The van der Waals surface area contributed by atoms with Crippen molar-refractivity contribution in [2.45, 2.75) is 25.8 Å². The van der Waals surface area contributed by atoms with E-state index in [-0.39, 0.29) is 11.2 Å². The van der Waals surface area contributed by atoms with Gasteiger partial charge in [-0.1, -0.05) is 62.9 Å². The van der Waals surface area contributed by atoms with E-state index < -0.39 is 0 Å². The fraction of sp³-hybridized carbons (Fsp3) is 0.273. The molecule has 0 bridgehead atoms. The third-order valence-corrected chi connectivity index (χ3v) is 5.18. The number of Topliss-reactive ketones (excluding diaryl/α,β-unsaturated/α-hetero) is 1.